The highest BCUT2D eigenvalue weighted by Crippen LogP contribution is 2.34. The fourth-order valence-electron chi connectivity index (χ4n) is 2.92. The van der Waals surface area contributed by atoms with Crippen molar-refractivity contribution in [1.82, 2.24) is 9.55 Å². The maximum Gasteiger partial charge on any atom is 0.268 e. The minimum Gasteiger partial charge on any atom is -0.325 e. The number of carbonyl (C=O) groups is 1. The Morgan fingerprint density at radius 1 is 1.42 bits per heavy atom. The van der Waals surface area contributed by atoms with Gasteiger partial charge in [-0.15, -0.1) is 11.8 Å². The van der Waals surface area contributed by atoms with Gasteiger partial charge in [-0.05, 0) is 38.0 Å². The average molecular weight is 390 g/mol. The molecule has 2 heterocycles. The highest BCUT2D eigenvalue weighted by atomic mass is 32.2. The van der Waals surface area contributed by atoms with E-state index in [1.165, 1.54) is 11.8 Å². The zero-order valence-electron chi connectivity index (χ0n) is 15.5. The first-order chi connectivity index (χ1) is 12.4. The van der Waals surface area contributed by atoms with Gasteiger partial charge in [-0.1, -0.05) is 30.8 Å². The summed E-state index contributed by atoms with van der Waals surface area (Å²) in [5, 5.41) is 3.96. The fourth-order valence-corrected chi connectivity index (χ4v) is 4.92. The van der Waals surface area contributed by atoms with Crippen LogP contribution in [0.1, 0.15) is 30.7 Å². The summed E-state index contributed by atoms with van der Waals surface area (Å²) in [4.78, 5) is 30.5. The molecular formula is C19H23N3O2S2. The van der Waals surface area contributed by atoms with E-state index in [1.807, 2.05) is 39.0 Å². The van der Waals surface area contributed by atoms with Gasteiger partial charge in [0.05, 0.1) is 16.3 Å². The van der Waals surface area contributed by atoms with Gasteiger partial charge in [-0.25, -0.2) is 4.98 Å². The molecule has 5 nitrogen and oxygen atoms in total. The molecule has 1 aliphatic heterocycles. The number of aryl methyl sites for hydroxylation is 1. The third kappa shape index (κ3) is 3.83. The molecule has 1 aromatic heterocycles. The van der Waals surface area contributed by atoms with Crippen molar-refractivity contribution in [2.75, 3.05) is 11.1 Å². The number of fused-ring (bicyclic) bond motifs is 1. The zero-order valence-corrected chi connectivity index (χ0v) is 17.1. The molecule has 0 bridgehead atoms. The monoisotopic (exact) mass is 389 g/mol. The van der Waals surface area contributed by atoms with Crippen molar-refractivity contribution in [3.05, 3.63) is 45.4 Å². The third-order valence-corrected chi connectivity index (χ3v) is 6.68. The number of nitrogens with one attached hydrogen (secondary N) is 1. The van der Waals surface area contributed by atoms with Crippen LogP contribution in [0.5, 0.6) is 0 Å². The van der Waals surface area contributed by atoms with E-state index in [1.54, 1.807) is 16.3 Å². The minimum absolute atomic E-state index is 0.0179. The van der Waals surface area contributed by atoms with E-state index >= 15 is 0 Å². The van der Waals surface area contributed by atoms with Gasteiger partial charge in [0.25, 0.3) is 5.56 Å². The Bertz CT molecular complexity index is 908. The van der Waals surface area contributed by atoms with Crippen molar-refractivity contribution in [3.63, 3.8) is 0 Å². The lowest BCUT2D eigenvalue weighted by molar-refractivity contribution is -0.113. The number of benzene rings is 1. The molecule has 1 unspecified atom stereocenters. The summed E-state index contributed by atoms with van der Waals surface area (Å²) in [5.41, 5.74) is 3.93. The van der Waals surface area contributed by atoms with Gasteiger partial charge in [-0.2, -0.15) is 0 Å². The van der Waals surface area contributed by atoms with Crippen molar-refractivity contribution < 1.29 is 4.79 Å². The number of carbonyl (C=O) groups excluding carboxylic acids is 1. The molecule has 1 atom stereocenters. The summed E-state index contributed by atoms with van der Waals surface area (Å²) in [5.74, 6) is 0.130. The molecule has 138 valence electrons. The number of nitrogens with zero attached hydrogens (tertiary/aromatic N) is 2. The summed E-state index contributed by atoms with van der Waals surface area (Å²) in [6.07, 6.45) is 0.808. The van der Waals surface area contributed by atoms with Crippen molar-refractivity contribution >= 4 is 35.1 Å². The fraction of sp³-hybridized carbons (Fsp3) is 0.421. The van der Waals surface area contributed by atoms with Crippen molar-refractivity contribution in [1.29, 1.82) is 0 Å². The quantitative estimate of drug-likeness (QED) is 0.625. The number of aromatic nitrogens is 2. The smallest absolute Gasteiger partial charge is 0.268 e. The average Bonchev–Trinajstić information content (AvgIpc) is 2.98. The Hall–Kier alpha value is -1.73. The molecule has 0 saturated carbocycles. The lowest BCUT2D eigenvalue weighted by Crippen LogP contribution is -2.25. The summed E-state index contributed by atoms with van der Waals surface area (Å²) < 4.78 is 1.67. The van der Waals surface area contributed by atoms with Crippen LogP contribution in [0.3, 0.4) is 0 Å². The summed E-state index contributed by atoms with van der Waals surface area (Å²) in [7, 11) is 0. The van der Waals surface area contributed by atoms with Crippen LogP contribution < -0.4 is 10.9 Å². The Labute approximate surface area is 162 Å². The predicted molar refractivity (Wildman–Crippen MR) is 108 cm³/mol. The van der Waals surface area contributed by atoms with Gasteiger partial charge in [-0.3, -0.25) is 14.2 Å². The molecule has 1 amide bonds. The molecule has 2 aromatic rings. The topological polar surface area (TPSA) is 64.0 Å². The minimum atomic E-state index is -0.0937. The first-order valence-electron chi connectivity index (χ1n) is 8.70. The number of anilines is 1. The summed E-state index contributed by atoms with van der Waals surface area (Å²) in [6, 6.07) is 5.85. The summed E-state index contributed by atoms with van der Waals surface area (Å²) >= 11 is 2.92. The highest BCUT2D eigenvalue weighted by molar-refractivity contribution is 8.00. The van der Waals surface area contributed by atoms with E-state index < -0.39 is 0 Å². The largest absolute Gasteiger partial charge is 0.325 e. The van der Waals surface area contributed by atoms with Crippen LogP contribution in [0.2, 0.25) is 0 Å². The van der Waals surface area contributed by atoms with Gasteiger partial charge in [0.2, 0.25) is 5.91 Å². The van der Waals surface area contributed by atoms with E-state index in [-0.39, 0.29) is 17.2 Å². The number of amides is 1. The maximum absolute atomic E-state index is 12.7. The second-order valence-corrected chi connectivity index (χ2v) is 8.83. The van der Waals surface area contributed by atoms with E-state index in [2.05, 4.69) is 17.2 Å². The van der Waals surface area contributed by atoms with Crippen LogP contribution in [0.25, 0.3) is 0 Å². The molecule has 3 rings (SSSR count). The molecule has 0 aliphatic carbocycles. The van der Waals surface area contributed by atoms with Gasteiger partial charge in [0, 0.05) is 23.9 Å². The van der Waals surface area contributed by atoms with Gasteiger partial charge >= 0.3 is 0 Å². The van der Waals surface area contributed by atoms with E-state index in [4.69, 9.17) is 0 Å². The first-order valence-corrected chi connectivity index (χ1v) is 10.6. The Balaban J connectivity index is 1.74. The number of hydrogen-bond acceptors (Lipinski definition) is 5. The molecule has 0 spiro atoms. The molecular weight excluding hydrogens is 366 g/mol. The van der Waals surface area contributed by atoms with E-state index in [0.29, 0.717) is 17.0 Å². The van der Waals surface area contributed by atoms with Crippen LogP contribution in [0.4, 0.5) is 5.69 Å². The Kier molecular flexibility index (Phi) is 5.77. The number of rotatable bonds is 5. The van der Waals surface area contributed by atoms with E-state index in [9.17, 15) is 9.59 Å². The van der Waals surface area contributed by atoms with Crippen molar-refractivity contribution in [2.45, 2.75) is 56.0 Å². The molecule has 1 aromatic carbocycles. The van der Waals surface area contributed by atoms with Gasteiger partial charge in [0.1, 0.15) is 0 Å². The van der Waals surface area contributed by atoms with E-state index in [0.717, 1.165) is 33.8 Å². The molecule has 0 saturated heterocycles. The maximum atomic E-state index is 12.7. The van der Waals surface area contributed by atoms with Crippen molar-refractivity contribution in [2.24, 2.45) is 0 Å². The van der Waals surface area contributed by atoms with Crippen LogP contribution in [-0.4, -0.2) is 26.5 Å². The third-order valence-electron chi connectivity index (χ3n) is 4.49. The van der Waals surface area contributed by atoms with Crippen LogP contribution in [-0.2, 0) is 17.8 Å². The second-order valence-electron chi connectivity index (χ2n) is 6.44. The molecule has 7 heteroatoms. The first kappa shape index (κ1) is 19.0. The Morgan fingerprint density at radius 2 is 2.19 bits per heavy atom. The molecule has 0 radical (unpaired) electrons. The molecule has 1 aliphatic rings. The van der Waals surface area contributed by atoms with Crippen LogP contribution in [0, 0.1) is 13.8 Å². The lowest BCUT2D eigenvalue weighted by atomic mass is 10.1. The number of hydrogen-bond donors (Lipinski definition) is 1. The number of thioether (sulfide) groups is 2. The van der Waals surface area contributed by atoms with Crippen molar-refractivity contribution in [3.8, 4) is 0 Å². The predicted octanol–water partition coefficient (Wildman–Crippen LogP) is 3.65. The van der Waals surface area contributed by atoms with Gasteiger partial charge < -0.3 is 5.32 Å². The highest BCUT2D eigenvalue weighted by Gasteiger charge is 2.26. The molecule has 0 fully saturated rings. The van der Waals surface area contributed by atoms with Crippen LogP contribution in [0.15, 0.2) is 33.0 Å². The van der Waals surface area contributed by atoms with Gasteiger partial charge in [0.15, 0.2) is 5.16 Å². The lowest BCUT2D eigenvalue weighted by Gasteiger charge is -2.13. The standard InChI is InChI=1S/C19H23N3O2S2/c1-5-22-18(24)17-15(9-12(3)26-17)21-19(22)25-10-16(23)20-14-8-6-7-11(2)13(14)4/h6-8,12H,5,9-10H2,1-4H3,(H,20,23). The summed E-state index contributed by atoms with van der Waals surface area (Å²) in [6.45, 7) is 8.60. The Morgan fingerprint density at radius 3 is 2.92 bits per heavy atom. The SMILES string of the molecule is CCn1c(SCC(=O)Nc2cccc(C)c2C)nc2c(c1=O)SC(C)C2. The normalized spacial score (nSPS) is 15.8. The zero-order chi connectivity index (χ0) is 18.8. The molecule has 26 heavy (non-hydrogen) atoms. The molecule has 1 N–H and O–H groups in total. The second kappa shape index (κ2) is 7.88. The van der Waals surface area contributed by atoms with Crippen LogP contribution >= 0.6 is 23.5 Å².